The highest BCUT2D eigenvalue weighted by atomic mass is 32.2. The number of rotatable bonds is 8. The van der Waals surface area contributed by atoms with Crippen molar-refractivity contribution in [3.05, 3.63) is 29.8 Å². The van der Waals surface area contributed by atoms with Crippen LogP contribution in [0.4, 0.5) is 5.69 Å². The smallest absolute Gasteiger partial charge is 0.254 e. The number of benzene rings is 1. The van der Waals surface area contributed by atoms with Crippen molar-refractivity contribution < 1.29 is 27.5 Å². The van der Waals surface area contributed by atoms with Crippen molar-refractivity contribution >= 4 is 27.5 Å². The highest BCUT2D eigenvalue weighted by Gasteiger charge is 2.22. The minimum atomic E-state index is -3.67. The lowest BCUT2D eigenvalue weighted by molar-refractivity contribution is -0.119. The van der Waals surface area contributed by atoms with Gasteiger partial charge >= 0.3 is 0 Å². The number of ether oxygens (including phenoxy) is 2. The number of anilines is 1. The van der Waals surface area contributed by atoms with Crippen molar-refractivity contribution in [2.75, 3.05) is 63.7 Å². The zero-order chi connectivity index (χ0) is 19.9. The normalized spacial score (nSPS) is 14.7. The average Bonchev–Trinajstić information content (AvgIpc) is 2.66. The van der Waals surface area contributed by atoms with Crippen LogP contribution in [0.25, 0.3) is 0 Å². The lowest BCUT2D eigenvalue weighted by Crippen LogP contribution is -2.41. The standard InChI is InChI=1S/C17H25N3O6S/c1-25-10-7-18-16(21)13-20(27(2,23)24)15-5-3-14(4-6-15)17(22)19-8-11-26-12-9-19/h3-6H,7-13H2,1-2H3,(H,18,21). The van der Waals surface area contributed by atoms with Gasteiger partial charge in [0.25, 0.3) is 5.91 Å². The summed E-state index contributed by atoms with van der Waals surface area (Å²) in [7, 11) is -2.16. The molecule has 1 aliphatic heterocycles. The second kappa shape index (κ2) is 9.67. The summed E-state index contributed by atoms with van der Waals surface area (Å²) in [6.45, 7) is 2.34. The molecule has 0 saturated carbocycles. The molecule has 1 aromatic carbocycles. The first kappa shape index (κ1) is 21.1. The third-order valence-corrected chi connectivity index (χ3v) is 5.16. The lowest BCUT2D eigenvalue weighted by Gasteiger charge is -2.27. The number of amides is 2. The van der Waals surface area contributed by atoms with Crippen LogP contribution in [0.1, 0.15) is 10.4 Å². The Morgan fingerprint density at radius 3 is 2.41 bits per heavy atom. The highest BCUT2D eigenvalue weighted by Crippen LogP contribution is 2.19. The number of sulfonamides is 1. The maximum Gasteiger partial charge on any atom is 0.254 e. The van der Waals surface area contributed by atoms with E-state index in [9.17, 15) is 18.0 Å². The number of carbonyl (C=O) groups is 2. The van der Waals surface area contributed by atoms with Gasteiger partial charge in [0.1, 0.15) is 6.54 Å². The van der Waals surface area contributed by atoms with E-state index < -0.39 is 15.9 Å². The molecular formula is C17H25N3O6S. The summed E-state index contributed by atoms with van der Waals surface area (Å²) >= 11 is 0. The van der Waals surface area contributed by atoms with Crippen molar-refractivity contribution in [1.29, 1.82) is 0 Å². The Hall–Kier alpha value is -2.17. The van der Waals surface area contributed by atoms with Crippen molar-refractivity contribution in [1.82, 2.24) is 10.2 Å². The Kier molecular flexibility index (Phi) is 7.57. The summed E-state index contributed by atoms with van der Waals surface area (Å²) < 4.78 is 35.3. The fourth-order valence-corrected chi connectivity index (χ4v) is 3.45. The Bertz CT molecular complexity index is 744. The third kappa shape index (κ3) is 6.19. The molecule has 1 saturated heterocycles. The quantitative estimate of drug-likeness (QED) is 0.601. The van der Waals surface area contributed by atoms with Crippen LogP contribution in [0, 0.1) is 0 Å². The molecule has 1 aliphatic rings. The largest absolute Gasteiger partial charge is 0.383 e. The molecule has 0 atom stereocenters. The molecule has 1 N–H and O–H groups in total. The predicted octanol–water partition coefficient (Wildman–Crippen LogP) is -0.312. The molecule has 0 bridgehead atoms. The number of hydrogen-bond donors (Lipinski definition) is 1. The van der Waals surface area contributed by atoms with Crippen molar-refractivity contribution in [2.45, 2.75) is 0 Å². The van der Waals surface area contributed by atoms with Crippen LogP contribution in [0.3, 0.4) is 0 Å². The fraction of sp³-hybridized carbons (Fsp3) is 0.529. The van der Waals surface area contributed by atoms with Gasteiger partial charge in [-0.1, -0.05) is 0 Å². The van der Waals surface area contributed by atoms with Gasteiger partial charge in [0.05, 0.1) is 31.8 Å². The van der Waals surface area contributed by atoms with Gasteiger partial charge in [-0.05, 0) is 24.3 Å². The van der Waals surface area contributed by atoms with Gasteiger partial charge in [0.2, 0.25) is 15.9 Å². The lowest BCUT2D eigenvalue weighted by atomic mass is 10.1. The van der Waals surface area contributed by atoms with Crippen LogP contribution in [-0.4, -0.2) is 84.5 Å². The molecule has 2 amide bonds. The zero-order valence-electron chi connectivity index (χ0n) is 15.5. The number of carbonyl (C=O) groups excluding carboxylic acids is 2. The van der Waals surface area contributed by atoms with E-state index in [1.165, 1.54) is 19.2 Å². The van der Waals surface area contributed by atoms with E-state index in [0.29, 0.717) is 50.7 Å². The van der Waals surface area contributed by atoms with Gasteiger partial charge in [0, 0.05) is 32.3 Å². The van der Waals surface area contributed by atoms with Gasteiger partial charge in [-0.15, -0.1) is 0 Å². The minimum Gasteiger partial charge on any atom is -0.383 e. The molecule has 0 spiro atoms. The maximum atomic E-state index is 12.5. The monoisotopic (exact) mass is 399 g/mol. The van der Waals surface area contributed by atoms with Gasteiger partial charge in [-0.25, -0.2) is 8.42 Å². The SMILES string of the molecule is COCCNC(=O)CN(c1ccc(C(=O)N2CCOCC2)cc1)S(C)(=O)=O. The third-order valence-electron chi connectivity index (χ3n) is 4.02. The molecule has 150 valence electrons. The van der Waals surface area contributed by atoms with Crippen LogP contribution >= 0.6 is 0 Å². The predicted molar refractivity (Wildman–Crippen MR) is 100 cm³/mol. The molecule has 1 heterocycles. The van der Waals surface area contributed by atoms with Crippen molar-refractivity contribution in [2.24, 2.45) is 0 Å². The highest BCUT2D eigenvalue weighted by molar-refractivity contribution is 7.92. The average molecular weight is 399 g/mol. The van der Waals surface area contributed by atoms with Crippen LogP contribution in [0.5, 0.6) is 0 Å². The molecule has 9 nitrogen and oxygen atoms in total. The second-order valence-corrected chi connectivity index (χ2v) is 7.97. The van der Waals surface area contributed by atoms with E-state index in [0.717, 1.165) is 10.6 Å². The number of methoxy groups -OCH3 is 1. The van der Waals surface area contributed by atoms with Crippen molar-refractivity contribution in [3.8, 4) is 0 Å². The second-order valence-electron chi connectivity index (χ2n) is 6.06. The first-order chi connectivity index (χ1) is 12.8. The summed E-state index contributed by atoms with van der Waals surface area (Å²) in [5.41, 5.74) is 0.775. The van der Waals surface area contributed by atoms with Gasteiger partial charge < -0.3 is 19.7 Å². The summed E-state index contributed by atoms with van der Waals surface area (Å²) in [4.78, 5) is 26.1. The van der Waals surface area contributed by atoms with Crippen LogP contribution in [0.2, 0.25) is 0 Å². The van der Waals surface area contributed by atoms with E-state index >= 15 is 0 Å². The summed E-state index contributed by atoms with van der Waals surface area (Å²) in [6.07, 6.45) is 1.03. The van der Waals surface area contributed by atoms with Crippen LogP contribution < -0.4 is 9.62 Å². The zero-order valence-corrected chi connectivity index (χ0v) is 16.3. The number of nitrogens with one attached hydrogen (secondary N) is 1. The van der Waals surface area contributed by atoms with Gasteiger partial charge in [0.15, 0.2) is 0 Å². The number of morpholine rings is 1. The van der Waals surface area contributed by atoms with Gasteiger partial charge in [-0.2, -0.15) is 0 Å². The van der Waals surface area contributed by atoms with Crippen LogP contribution in [-0.2, 0) is 24.3 Å². The van der Waals surface area contributed by atoms with E-state index in [1.807, 2.05) is 0 Å². The first-order valence-corrected chi connectivity index (χ1v) is 10.4. The van der Waals surface area contributed by atoms with E-state index in [2.05, 4.69) is 5.32 Å². The molecule has 0 unspecified atom stereocenters. The first-order valence-electron chi connectivity index (χ1n) is 8.53. The molecule has 1 fully saturated rings. The summed E-state index contributed by atoms with van der Waals surface area (Å²) in [5.74, 6) is -0.570. The van der Waals surface area contributed by atoms with Gasteiger partial charge in [-0.3, -0.25) is 13.9 Å². The molecule has 0 aliphatic carbocycles. The Labute approximate surface area is 159 Å². The molecule has 0 aromatic heterocycles. The molecule has 2 rings (SSSR count). The Morgan fingerprint density at radius 1 is 1.22 bits per heavy atom. The van der Waals surface area contributed by atoms with Crippen LogP contribution in [0.15, 0.2) is 24.3 Å². The minimum absolute atomic E-state index is 0.131. The van der Waals surface area contributed by atoms with E-state index in [1.54, 1.807) is 17.0 Å². The van der Waals surface area contributed by atoms with E-state index in [4.69, 9.17) is 9.47 Å². The summed E-state index contributed by atoms with van der Waals surface area (Å²) in [5, 5.41) is 2.59. The molecule has 27 heavy (non-hydrogen) atoms. The topological polar surface area (TPSA) is 105 Å². The molecule has 10 heteroatoms. The molecule has 1 aromatic rings. The fourth-order valence-electron chi connectivity index (χ4n) is 2.60. The Morgan fingerprint density at radius 2 is 1.85 bits per heavy atom. The summed E-state index contributed by atoms with van der Waals surface area (Å²) in [6, 6.07) is 6.18. The molecule has 0 radical (unpaired) electrons. The Balaban J connectivity index is 2.10. The number of nitrogens with zero attached hydrogens (tertiary/aromatic N) is 2. The maximum absolute atomic E-state index is 12.5. The van der Waals surface area contributed by atoms with E-state index in [-0.39, 0.29) is 12.5 Å². The number of hydrogen-bond acceptors (Lipinski definition) is 6. The molecular weight excluding hydrogens is 374 g/mol. The van der Waals surface area contributed by atoms with Crippen molar-refractivity contribution in [3.63, 3.8) is 0 Å².